The van der Waals surface area contributed by atoms with Crippen LogP contribution in [-0.4, -0.2) is 52.6 Å². The number of allylic oxidation sites excluding steroid dienone is 1. The molecule has 10 heteroatoms. The van der Waals surface area contributed by atoms with Crippen LogP contribution in [0.3, 0.4) is 0 Å². The third-order valence-electron chi connectivity index (χ3n) is 3.87. The number of amides is 1. The molecule has 29 heavy (non-hydrogen) atoms. The van der Waals surface area contributed by atoms with E-state index in [4.69, 9.17) is 4.74 Å². The highest BCUT2D eigenvalue weighted by Gasteiger charge is 2.18. The monoisotopic (exact) mass is 418 g/mol. The number of benzene rings is 1. The van der Waals surface area contributed by atoms with Gasteiger partial charge in [-0.3, -0.25) is 4.79 Å². The van der Waals surface area contributed by atoms with Crippen LogP contribution in [0, 0.1) is 0 Å². The Bertz CT molecular complexity index is 925. The van der Waals surface area contributed by atoms with Crippen LogP contribution in [0.4, 0.5) is 5.69 Å². The predicted molar refractivity (Wildman–Crippen MR) is 108 cm³/mol. The van der Waals surface area contributed by atoms with Crippen molar-refractivity contribution < 1.29 is 23.9 Å². The van der Waals surface area contributed by atoms with Crippen molar-refractivity contribution in [2.24, 2.45) is 0 Å². The van der Waals surface area contributed by atoms with Crippen LogP contribution >= 0.6 is 11.8 Å². The molecule has 0 unspecified atom stereocenters. The first-order valence-electron chi connectivity index (χ1n) is 8.71. The Morgan fingerprint density at radius 1 is 1.21 bits per heavy atom. The van der Waals surface area contributed by atoms with Crippen molar-refractivity contribution in [3.63, 3.8) is 0 Å². The molecule has 0 aliphatic heterocycles. The minimum Gasteiger partial charge on any atom is -0.465 e. The van der Waals surface area contributed by atoms with E-state index >= 15 is 0 Å². The number of anilines is 1. The van der Waals surface area contributed by atoms with Crippen molar-refractivity contribution in [1.82, 2.24) is 14.8 Å². The quantitative estimate of drug-likeness (QED) is 0.375. The summed E-state index contributed by atoms with van der Waals surface area (Å²) in [7, 11) is 2.48. The Morgan fingerprint density at radius 3 is 2.55 bits per heavy atom. The van der Waals surface area contributed by atoms with E-state index < -0.39 is 11.9 Å². The number of nitrogens with one attached hydrogen (secondary N) is 1. The van der Waals surface area contributed by atoms with E-state index in [1.807, 2.05) is 11.5 Å². The van der Waals surface area contributed by atoms with Gasteiger partial charge < -0.3 is 19.4 Å². The minimum atomic E-state index is -0.636. The molecule has 1 amide bonds. The normalized spacial score (nSPS) is 10.3. The maximum atomic E-state index is 12.5. The van der Waals surface area contributed by atoms with Crippen molar-refractivity contribution >= 4 is 35.3 Å². The largest absolute Gasteiger partial charge is 0.465 e. The van der Waals surface area contributed by atoms with Crippen LogP contribution in [0.15, 0.2) is 36.0 Å². The maximum Gasteiger partial charge on any atom is 0.339 e. The second-order valence-electron chi connectivity index (χ2n) is 5.73. The number of esters is 2. The summed E-state index contributed by atoms with van der Waals surface area (Å²) in [4.78, 5) is 36.2. The molecule has 2 aromatic rings. The zero-order chi connectivity index (χ0) is 21.4. The van der Waals surface area contributed by atoms with Crippen LogP contribution in [0.5, 0.6) is 0 Å². The van der Waals surface area contributed by atoms with Gasteiger partial charge >= 0.3 is 11.9 Å². The zero-order valence-corrected chi connectivity index (χ0v) is 17.2. The molecule has 0 radical (unpaired) electrons. The lowest BCUT2D eigenvalue weighted by Gasteiger charge is -2.11. The molecule has 0 aliphatic rings. The van der Waals surface area contributed by atoms with Gasteiger partial charge in [0.1, 0.15) is 5.82 Å². The average molecular weight is 418 g/mol. The third kappa shape index (κ3) is 5.44. The maximum absolute atomic E-state index is 12.5. The van der Waals surface area contributed by atoms with Gasteiger partial charge in [0, 0.05) is 13.0 Å². The number of nitrogens with zero attached hydrogens (tertiary/aromatic N) is 3. The topological polar surface area (TPSA) is 112 Å². The van der Waals surface area contributed by atoms with E-state index in [0.29, 0.717) is 18.1 Å². The molecule has 1 heterocycles. The lowest BCUT2D eigenvalue weighted by atomic mass is 10.1. The Labute approximate surface area is 172 Å². The van der Waals surface area contributed by atoms with Gasteiger partial charge in [-0.15, -0.1) is 16.8 Å². The van der Waals surface area contributed by atoms with Gasteiger partial charge in [0.15, 0.2) is 5.16 Å². The lowest BCUT2D eigenvalue weighted by molar-refractivity contribution is -0.113. The molecule has 0 saturated heterocycles. The summed E-state index contributed by atoms with van der Waals surface area (Å²) in [5.41, 5.74) is 0.482. The molecular weight excluding hydrogens is 396 g/mol. The number of methoxy groups -OCH3 is 2. The van der Waals surface area contributed by atoms with E-state index in [0.717, 1.165) is 5.82 Å². The van der Waals surface area contributed by atoms with Gasteiger partial charge in [-0.2, -0.15) is 0 Å². The fourth-order valence-corrected chi connectivity index (χ4v) is 3.26. The van der Waals surface area contributed by atoms with Crippen LogP contribution in [0.1, 0.15) is 33.5 Å². The highest BCUT2D eigenvalue weighted by atomic mass is 32.2. The molecule has 0 atom stereocenters. The number of hydrogen-bond donors (Lipinski definition) is 1. The Balaban J connectivity index is 2.17. The molecular formula is C19H22N4O5S. The SMILES string of the molecule is C=CCn1c(CC)nnc1SCC(=O)Nc1cc(C(=O)OC)ccc1C(=O)OC. The third-order valence-corrected chi connectivity index (χ3v) is 4.84. The second-order valence-corrected chi connectivity index (χ2v) is 6.67. The Morgan fingerprint density at radius 2 is 1.93 bits per heavy atom. The molecule has 0 spiro atoms. The van der Waals surface area contributed by atoms with E-state index in [2.05, 4.69) is 26.8 Å². The number of aryl methyl sites for hydroxylation is 1. The summed E-state index contributed by atoms with van der Waals surface area (Å²) in [5, 5.41) is 11.4. The highest BCUT2D eigenvalue weighted by Crippen LogP contribution is 2.22. The van der Waals surface area contributed by atoms with Crippen molar-refractivity contribution in [2.45, 2.75) is 25.0 Å². The molecule has 2 rings (SSSR count). The number of aromatic nitrogens is 3. The second kappa shape index (κ2) is 10.4. The Hall–Kier alpha value is -3.14. The predicted octanol–water partition coefficient (Wildman–Crippen LogP) is 2.33. The standard InChI is InChI=1S/C19H22N4O5S/c1-5-9-23-15(6-2)21-22-19(23)29-11-16(24)20-14-10-12(17(25)27-3)7-8-13(14)18(26)28-4/h5,7-8,10H,1,6,9,11H2,2-4H3,(H,20,24). The van der Waals surface area contributed by atoms with Crippen LogP contribution in [-0.2, 0) is 27.2 Å². The molecule has 154 valence electrons. The zero-order valence-electron chi connectivity index (χ0n) is 16.4. The van der Waals surface area contributed by atoms with Gasteiger partial charge in [-0.05, 0) is 18.2 Å². The molecule has 0 fully saturated rings. The lowest BCUT2D eigenvalue weighted by Crippen LogP contribution is -2.18. The summed E-state index contributed by atoms with van der Waals surface area (Å²) in [6, 6.07) is 4.19. The van der Waals surface area contributed by atoms with Gasteiger partial charge in [0.2, 0.25) is 5.91 Å². The fraction of sp³-hybridized carbons (Fsp3) is 0.316. The first kappa shape index (κ1) is 22.2. The summed E-state index contributed by atoms with van der Waals surface area (Å²) < 4.78 is 11.3. The molecule has 0 bridgehead atoms. The van der Waals surface area contributed by atoms with Gasteiger partial charge in [-0.25, -0.2) is 9.59 Å². The summed E-state index contributed by atoms with van der Waals surface area (Å²) in [6.45, 7) is 6.22. The highest BCUT2D eigenvalue weighted by molar-refractivity contribution is 7.99. The molecule has 0 aliphatic carbocycles. The molecule has 1 aromatic heterocycles. The number of ether oxygens (including phenoxy) is 2. The van der Waals surface area contributed by atoms with E-state index in [1.165, 1.54) is 44.2 Å². The molecule has 1 aromatic carbocycles. The van der Waals surface area contributed by atoms with E-state index in [9.17, 15) is 14.4 Å². The summed E-state index contributed by atoms with van der Waals surface area (Å²) in [6.07, 6.45) is 2.43. The number of carbonyl (C=O) groups is 3. The van der Waals surface area contributed by atoms with Gasteiger partial charge in [-0.1, -0.05) is 24.8 Å². The van der Waals surface area contributed by atoms with E-state index in [-0.39, 0.29) is 28.5 Å². The summed E-state index contributed by atoms with van der Waals surface area (Å²) in [5.74, 6) is -0.777. The smallest absolute Gasteiger partial charge is 0.339 e. The van der Waals surface area contributed by atoms with Gasteiger partial charge in [0.25, 0.3) is 0 Å². The molecule has 1 N–H and O–H groups in total. The van der Waals surface area contributed by atoms with Crippen LogP contribution < -0.4 is 5.32 Å². The van der Waals surface area contributed by atoms with E-state index in [1.54, 1.807) is 6.08 Å². The Kier molecular flexibility index (Phi) is 7.96. The van der Waals surface area contributed by atoms with Crippen LogP contribution in [0.2, 0.25) is 0 Å². The minimum absolute atomic E-state index is 0.0298. The van der Waals surface area contributed by atoms with Crippen LogP contribution in [0.25, 0.3) is 0 Å². The van der Waals surface area contributed by atoms with Crippen molar-refractivity contribution in [3.05, 3.63) is 47.8 Å². The van der Waals surface area contributed by atoms with Crippen molar-refractivity contribution in [3.8, 4) is 0 Å². The molecule has 0 saturated carbocycles. The molecule has 9 nitrogen and oxygen atoms in total. The summed E-state index contributed by atoms with van der Waals surface area (Å²) >= 11 is 1.21. The first-order valence-corrected chi connectivity index (χ1v) is 9.69. The van der Waals surface area contributed by atoms with Gasteiger partial charge in [0.05, 0.1) is 36.8 Å². The number of hydrogen-bond acceptors (Lipinski definition) is 8. The fourth-order valence-electron chi connectivity index (χ4n) is 2.50. The number of carbonyl (C=O) groups excluding carboxylic acids is 3. The number of thioether (sulfide) groups is 1. The average Bonchev–Trinajstić information content (AvgIpc) is 3.13. The van der Waals surface area contributed by atoms with Crippen molar-refractivity contribution in [1.29, 1.82) is 0 Å². The van der Waals surface area contributed by atoms with Crippen molar-refractivity contribution in [2.75, 3.05) is 25.3 Å². The first-order chi connectivity index (χ1) is 13.9. The number of rotatable bonds is 9.